The zero-order valence-electron chi connectivity index (χ0n) is 11.7. The van der Waals surface area contributed by atoms with Crippen LogP contribution in [0.5, 0.6) is 0 Å². The van der Waals surface area contributed by atoms with E-state index in [-0.39, 0.29) is 0 Å². The summed E-state index contributed by atoms with van der Waals surface area (Å²) in [5, 5.41) is 7.77. The number of hydrogen-bond acceptors (Lipinski definition) is 4. The first-order valence-corrected chi connectivity index (χ1v) is 7.79. The maximum absolute atomic E-state index is 4.71. The first-order valence-electron chi connectivity index (χ1n) is 7.00. The van der Waals surface area contributed by atoms with E-state index >= 15 is 0 Å². The first kappa shape index (κ1) is 13.5. The van der Waals surface area contributed by atoms with Gasteiger partial charge in [-0.1, -0.05) is 6.92 Å². The summed E-state index contributed by atoms with van der Waals surface area (Å²) in [4.78, 5) is 9.33. The molecule has 0 radical (unpaired) electrons. The second-order valence-corrected chi connectivity index (χ2v) is 5.96. The summed E-state index contributed by atoms with van der Waals surface area (Å²) < 4.78 is 2.78. The van der Waals surface area contributed by atoms with Gasteiger partial charge in [-0.05, 0) is 41.3 Å². The summed E-state index contributed by atoms with van der Waals surface area (Å²) in [7, 11) is 1.90. The van der Waals surface area contributed by atoms with Gasteiger partial charge in [-0.15, -0.1) is 0 Å². The summed E-state index contributed by atoms with van der Waals surface area (Å²) in [6.07, 6.45) is 5.40. The molecule has 6 heteroatoms. The zero-order chi connectivity index (χ0) is 14.1. The molecule has 5 nitrogen and oxygen atoms in total. The van der Waals surface area contributed by atoms with E-state index in [2.05, 4.69) is 38.3 Å². The highest BCUT2D eigenvalue weighted by molar-refractivity contribution is 9.10. The topological polar surface area (TPSA) is 55.6 Å². The van der Waals surface area contributed by atoms with Crippen molar-refractivity contribution >= 4 is 21.7 Å². The lowest BCUT2D eigenvalue weighted by Crippen LogP contribution is -2.07. The molecule has 0 aromatic carbocycles. The normalized spacial score (nSPS) is 14.6. The van der Waals surface area contributed by atoms with E-state index < -0.39 is 0 Å². The smallest absolute Gasteiger partial charge is 0.182 e. The molecular weight excluding hydrogens is 318 g/mol. The maximum atomic E-state index is 4.71. The molecule has 0 amide bonds. The van der Waals surface area contributed by atoms with Crippen molar-refractivity contribution in [2.24, 2.45) is 7.05 Å². The number of anilines is 1. The van der Waals surface area contributed by atoms with Gasteiger partial charge in [0.1, 0.15) is 11.5 Å². The number of halogens is 1. The Labute approximate surface area is 127 Å². The standard InChI is InChI=1S/C14H18BrN5/c1-3-7-16-14-11(15)12(9-4-5-9)17-13(18-14)10-6-8-20(2)19-10/h6,8-9H,3-5,7H2,1-2H3,(H,16,17,18). The summed E-state index contributed by atoms with van der Waals surface area (Å²) in [5.74, 6) is 2.15. The van der Waals surface area contributed by atoms with Gasteiger partial charge in [0, 0.05) is 25.7 Å². The van der Waals surface area contributed by atoms with Gasteiger partial charge in [0.05, 0.1) is 10.2 Å². The van der Waals surface area contributed by atoms with Crippen LogP contribution in [0.15, 0.2) is 16.7 Å². The Morgan fingerprint density at radius 3 is 2.80 bits per heavy atom. The zero-order valence-corrected chi connectivity index (χ0v) is 13.3. The van der Waals surface area contributed by atoms with E-state index in [1.54, 1.807) is 4.68 Å². The van der Waals surface area contributed by atoms with Crippen LogP contribution in [0, 0.1) is 0 Å². The fourth-order valence-corrected chi connectivity index (χ4v) is 2.74. The molecule has 0 bridgehead atoms. The van der Waals surface area contributed by atoms with Crippen molar-refractivity contribution in [3.8, 4) is 11.5 Å². The van der Waals surface area contributed by atoms with Crippen molar-refractivity contribution in [3.05, 3.63) is 22.4 Å². The number of nitrogens with zero attached hydrogens (tertiary/aromatic N) is 4. The van der Waals surface area contributed by atoms with Crippen molar-refractivity contribution in [2.45, 2.75) is 32.1 Å². The highest BCUT2D eigenvalue weighted by Crippen LogP contribution is 2.44. The monoisotopic (exact) mass is 335 g/mol. The van der Waals surface area contributed by atoms with Crippen molar-refractivity contribution in [2.75, 3.05) is 11.9 Å². The lowest BCUT2D eigenvalue weighted by molar-refractivity contribution is 0.768. The number of aryl methyl sites for hydroxylation is 1. The highest BCUT2D eigenvalue weighted by atomic mass is 79.9. The van der Waals surface area contributed by atoms with Crippen LogP contribution in [-0.4, -0.2) is 26.3 Å². The number of nitrogens with one attached hydrogen (secondary N) is 1. The van der Waals surface area contributed by atoms with Crippen LogP contribution in [-0.2, 0) is 7.05 Å². The molecule has 2 aromatic heterocycles. The third-order valence-electron chi connectivity index (χ3n) is 3.33. The van der Waals surface area contributed by atoms with Crippen LogP contribution in [0.4, 0.5) is 5.82 Å². The van der Waals surface area contributed by atoms with Crippen molar-refractivity contribution in [3.63, 3.8) is 0 Å². The third-order valence-corrected chi connectivity index (χ3v) is 4.11. The fourth-order valence-electron chi connectivity index (χ4n) is 2.10. The van der Waals surface area contributed by atoms with E-state index in [1.807, 2.05) is 19.3 Å². The van der Waals surface area contributed by atoms with Gasteiger partial charge in [0.15, 0.2) is 5.82 Å². The molecule has 1 aliphatic carbocycles. The lowest BCUT2D eigenvalue weighted by atomic mass is 10.2. The average Bonchev–Trinajstić information content (AvgIpc) is 3.19. The molecule has 0 aliphatic heterocycles. The quantitative estimate of drug-likeness (QED) is 0.910. The molecule has 0 atom stereocenters. The summed E-state index contributed by atoms with van der Waals surface area (Å²) in [6, 6.07) is 1.95. The molecule has 1 N–H and O–H groups in total. The third kappa shape index (κ3) is 2.70. The molecule has 0 unspecified atom stereocenters. The van der Waals surface area contributed by atoms with Crippen LogP contribution < -0.4 is 5.32 Å². The number of aromatic nitrogens is 4. The van der Waals surface area contributed by atoms with Gasteiger partial charge >= 0.3 is 0 Å². The average molecular weight is 336 g/mol. The van der Waals surface area contributed by atoms with Gasteiger partial charge in [0.25, 0.3) is 0 Å². The minimum absolute atomic E-state index is 0.567. The molecule has 20 heavy (non-hydrogen) atoms. The van der Waals surface area contributed by atoms with Crippen molar-refractivity contribution < 1.29 is 0 Å². The second kappa shape index (κ2) is 5.52. The van der Waals surface area contributed by atoms with Crippen molar-refractivity contribution in [1.82, 2.24) is 19.7 Å². The second-order valence-electron chi connectivity index (χ2n) is 5.17. The molecular formula is C14H18BrN5. The van der Waals surface area contributed by atoms with E-state index in [9.17, 15) is 0 Å². The molecule has 1 fully saturated rings. The SMILES string of the molecule is CCCNc1nc(-c2ccn(C)n2)nc(C2CC2)c1Br. The molecule has 106 valence electrons. The minimum atomic E-state index is 0.567. The lowest BCUT2D eigenvalue weighted by Gasteiger charge is -2.11. The predicted molar refractivity (Wildman–Crippen MR) is 82.7 cm³/mol. The van der Waals surface area contributed by atoms with Gasteiger partial charge in [0.2, 0.25) is 0 Å². The highest BCUT2D eigenvalue weighted by Gasteiger charge is 2.29. The van der Waals surface area contributed by atoms with Gasteiger partial charge in [-0.3, -0.25) is 4.68 Å². The largest absolute Gasteiger partial charge is 0.369 e. The van der Waals surface area contributed by atoms with E-state index in [0.29, 0.717) is 11.7 Å². The Bertz CT molecular complexity index is 618. The number of hydrogen-bond donors (Lipinski definition) is 1. The van der Waals surface area contributed by atoms with Crippen LogP contribution >= 0.6 is 15.9 Å². The minimum Gasteiger partial charge on any atom is -0.369 e. The Kier molecular flexibility index (Phi) is 3.74. The van der Waals surface area contributed by atoms with Gasteiger partial charge in [-0.25, -0.2) is 9.97 Å². The summed E-state index contributed by atoms with van der Waals surface area (Å²) >= 11 is 3.65. The molecule has 2 heterocycles. The first-order chi connectivity index (χ1) is 9.69. The molecule has 3 rings (SSSR count). The molecule has 0 spiro atoms. The van der Waals surface area contributed by atoms with Gasteiger partial charge < -0.3 is 5.32 Å². The van der Waals surface area contributed by atoms with E-state index in [4.69, 9.17) is 4.98 Å². The van der Waals surface area contributed by atoms with Crippen molar-refractivity contribution in [1.29, 1.82) is 0 Å². The Morgan fingerprint density at radius 1 is 1.40 bits per heavy atom. The fraction of sp³-hybridized carbons (Fsp3) is 0.500. The Hall–Kier alpha value is -1.43. The van der Waals surface area contributed by atoms with E-state index in [0.717, 1.165) is 34.6 Å². The molecule has 2 aromatic rings. The molecule has 1 aliphatic rings. The maximum Gasteiger partial charge on any atom is 0.182 e. The van der Waals surface area contributed by atoms with Crippen LogP contribution in [0.25, 0.3) is 11.5 Å². The van der Waals surface area contributed by atoms with Crippen LogP contribution in [0.3, 0.4) is 0 Å². The summed E-state index contributed by atoms with van der Waals surface area (Å²) in [5.41, 5.74) is 1.93. The Morgan fingerprint density at radius 2 is 2.20 bits per heavy atom. The van der Waals surface area contributed by atoms with Crippen LogP contribution in [0.2, 0.25) is 0 Å². The predicted octanol–water partition coefficient (Wildman–Crippen LogP) is 3.34. The van der Waals surface area contributed by atoms with Crippen LogP contribution in [0.1, 0.15) is 37.8 Å². The summed E-state index contributed by atoms with van der Waals surface area (Å²) in [6.45, 7) is 3.05. The molecule has 0 saturated heterocycles. The molecule has 1 saturated carbocycles. The number of rotatable bonds is 5. The van der Waals surface area contributed by atoms with E-state index in [1.165, 1.54) is 12.8 Å². The van der Waals surface area contributed by atoms with Gasteiger partial charge in [-0.2, -0.15) is 5.10 Å². The Balaban J connectivity index is 2.03.